The molecule has 1 aliphatic heterocycles. The first-order valence-electron chi connectivity index (χ1n) is 23.3. The Balaban J connectivity index is 2.47. The fourth-order valence-electron chi connectivity index (χ4n) is 7.09. The maximum absolute atomic E-state index is 12.9. The predicted octanol–water partition coefficient (Wildman–Crippen LogP) is 11.5. The van der Waals surface area contributed by atoms with Crippen LogP contribution in [0.3, 0.4) is 0 Å². The van der Waals surface area contributed by atoms with Gasteiger partial charge in [0, 0.05) is 32.6 Å². The van der Waals surface area contributed by atoms with Crippen LogP contribution in [-0.2, 0) is 38.1 Å². The number of unbranched alkanes of at least 4 members (excludes halogenated alkanes) is 22. The van der Waals surface area contributed by atoms with Gasteiger partial charge in [0.1, 0.15) is 19.8 Å². The molecule has 0 spiro atoms. The lowest BCUT2D eigenvalue weighted by molar-refractivity contribution is -0.162. The molecule has 1 saturated heterocycles. The van der Waals surface area contributed by atoms with E-state index in [1.54, 1.807) is 0 Å². The standard InChI is InChI=1S/C46H87NO8/c1-5-8-11-14-17-18-19-20-21-22-23-24-27-30-43(48)53-38-41(40-55-46(50)42-33-34-47(4)37-42)39-54-44(49)31-32-45(51-35-28-25-15-12-9-6-2)52-36-29-26-16-13-10-7-3/h41-42,45H,5-40H2,1-4H3. The Morgan fingerprint density at radius 1 is 0.527 bits per heavy atom. The van der Waals surface area contributed by atoms with Gasteiger partial charge in [0.15, 0.2) is 6.29 Å². The fourth-order valence-corrected chi connectivity index (χ4v) is 7.09. The quantitative estimate of drug-likeness (QED) is 0.0260. The summed E-state index contributed by atoms with van der Waals surface area (Å²) in [5.74, 6) is -1.44. The topological polar surface area (TPSA) is 101 Å². The van der Waals surface area contributed by atoms with Crippen LogP contribution in [0.5, 0.6) is 0 Å². The monoisotopic (exact) mass is 782 g/mol. The second kappa shape index (κ2) is 37.8. The van der Waals surface area contributed by atoms with Gasteiger partial charge < -0.3 is 28.6 Å². The molecule has 0 bridgehead atoms. The summed E-state index contributed by atoms with van der Waals surface area (Å²) in [5, 5.41) is 0. The van der Waals surface area contributed by atoms with E-state index in [0.717, 1.165) is 57.9 Å². The van der Waals surface area contributed by atoms with Crippen molar-refractivity contribution in [2.24, 2.45) is 11.8 Å². The summed E-state index contributed by atoms with van der Waals surface area (Å²) < 4.78 is 29.1. The van der Waals surface area contributed by atoms with E-state index in [1.165, 1.54) is 116 Å². The van der Waals surface area contributed by atoms with Gasteiger partial charge in [0.05, 0.1) is 18.3 Å². The molecule has 1 heterocycles. The summed E-state index contributed by atoms with van der Waals surface area (Å²) in [7, 11) is 2.00. The van der Waals surface area contributed by atoms with Crippen LogP contribution >= 0.6 is 0 Å². The van der Waals surface area contributed by atoms with Gasteiger partial charge in [-0.15, -0.1) is 0 Å². The second-order valence-corrected chi connectivity index (χ2v) is 16.3. The maximum atomic E-state index is 12.9. The van der Waals surface area contributed by atoms with Gasteiger partial charge in [0.2, 0.25) is 0 Å². The molecule has 0 saturated carbocycles. The molecule has 2 atom stereocenters. The predicted molar refractivity (Wildman–Crippen MR) is 224 cm³/mol. The van der Waals surface area contributed by atoms with Crippen LogP contribution in [0.25, 0.3) is 0 Å². The van der Waals surface area contributed by atoms with E-state index in [-0.39, 0.29) is 50.1 Å². The lowest BCUT2D eigenvalue weighted by Gasteiger charge is -2.20. The zero-order valence-corrected chi connectivity index (χ0v) is 36.4. The fraction of sp³-hybridized carbons (Fsp3) is 0.935. The van der Waals surface area contributed by atoms with Crippen molar-refractivity contribution in [3.63, 3.8) is 0 Å². The molecular weight excluding hydrogens is 695 g/mol. The Kier molecular flexibility index (Phi) is 35.3. The number of ether oxygens (including phenoxy) is 5. The summed E-state index contributed by atoms with van der Waals surface area (Å²) in [6.07, 6.45) is 31.8. The Morgan fingerprint density at radius 3 is 1.36 bits per heavy atom. The number of hydrogen-bond donors (Lipinski definition) is 0. The van der Waals surface area contributed by atoms with Gasteiger partial charge in [-0.3, -0.25) is 14.4 Å². The molecule has 0 aromatic rings. The van der Waals surface area contributed by atoms with Gasteiger partial charge in [-0.2, -0.15) is 0 Å². The Hall–Kier alpha value is -1.71. The summed E-state index contributed by atoms with van der Waals surface area (Å²) in [4.78, 5) is 40.4. The molecule has 0 aromatic carbocycles. The van der Waals surface area contributed by atoms with Crippen LogP contribution in [0, 0.1) is 11.8 Å². The summed E-state index contributed by atoms with van der Waals surface area (Å²) in [6, 6.07) is 0. The normalized spacial score (nSPS) is 15.1. The molecule has 0 aliphatic carbocycles. The van der Waals surface area contributed by atoms with Crippen LogP contribution in [0.2, 0.25) is 0 Å². The third-order valence-corrected chi connectivity index (χ3v) is 10.8. The summed E-state index contributed by atoms with van der Waals surface area (Å²) in [6.45, 7) is 9.61. The third kappa shape index (κ3) is 32.0. The van der Waals surface area contributed by atoms with Crippen molar-refractivity contribution in [2.75, 3.05) is 53.2 Å². The molecule has 1 rings (SSSR count). The average Bonchev–Trinajstić information content (AvgIpc) is 3.63. The Labute approximate surface area is 338 Å². The molecular formula is C46H87NO8. The first-order valence-corrected chi connectivity index (χ1v) is 23.3. The maximum Gasteiger partial charge on any atom is 0.310 e. The SMILES string of the molecule is CCCCCCCCCCCCCCCC(=O)OCC(COC(=O)CCC(OCCCCCCCC)OCCCCCCCC)COC(=O)C1CCN(C)C1. The molecule has 0 N–H and O–H groups in total. The van der Waals surface area contributed by atoms with E-state index in [9.17, 15) is 14.4 Å². The molecule has 1 fully saturated rings. The highest BCUT2D eigenvalue weighted by atomic mass is 16.7. The average molecular weight is 782 g/mol. The zero-order valence-electron chi connectivity index (χ0n) is 36.4. The van der Waals surface area contributed by atoms with E-state index in [2.05, 4.69) is 25.7 Å². The smallest absolute Gasteiger partial charge is 0.310 e. The number of nitrogens with zero attached hydrogens (tertiary/aromatic N) is 1. The first-order chi connectivity index (χ1) is 26.9. The van der Waals surface area contributed by atoms with E-state index in [0.29, 0.717) is 32.6 Å². The van der Waals surface area contributed by atoms with E-state index in [1.807, 2.05) is 7.05 Å². The highest BCUT2D eigenvalue weighted by Gasteiger charge is 2.28. The Morgan fingerprint density at radius 2 is 0.927 bits per heavy atom. The van der Waals surface area contributed by atoms with Crippen molar-refractivity contribution in [1.29, 1.82) is 0 Å². The minimum absolute atomic E-state index is 0.0185. The Bertz CT molecular complexity index is 883. The number of esters is 3. The number of carbonyl (C=O) groups excluding carboxylic acids is 3. The van der Waals surface area contributed by atoms with Crippen molar-refractivity contribution in [2.45, 2.75) is 213 Å². The molecule has 0 amide bonds. The van der Waals surface area contributed by atoms with Crippen molar-refractivity contribution in [3.05, 3.63) is 0 Å². The number of carbonyl (C=O) groups is 3. The van der Waals surface area contributed by atoms with Crippen molar-refractivity contribution in [1.82, 2.24) is 4.90 Å². The highest BCUT2D eigenvalue weighted by Crippen LogP contribution is 2.18. The van der Waals surface area contributed by atoms with Gasteiger partial charge in [-0.25, -0.2) is 0 Å². The summed E-state index contributed by atoms with van der Waals surface area (Å²) in [5.41, 5.74) is 0. The molecule has 9 nitrogen and oxygen atoms in total. The number of rotatable bonds is 40. The van der Waals surface area contributed by atoms with Crippen LogP contribution in [0.1, 0.15) is 207 Å². The van der Waals surface area contributed by atoms with E-state index >= 15 is 0 Å². The summed E-state index contributed by atoms with van der Waals surface area (Å²) >= 11 is 0. The number of likely N-dealkylation sites (tertiary alicyclic amines) is 1. The molecule has 1 aliphatic rings. The van der Waals surface area contributed by atoms with E-state index < -0.39 is 12.2 Å². The van der Waals surface area contributed by atoms with Crippen LogP contribution in [0.4, 0.5) is 0 Å². The van der Waals surface area contributed by atoms with E-state index in [4.69, 9.17) is 23.7 Å². The third-order valence-electron chi connectivity index (χ3n) is 10.8. The molecule has 324 valence electrons. The van der Waals surface area contributed by atoms with Crippen LogP contribution in [0.15, 0.2) is 0 Å². The minimum atomic E-state index is -0.439. The van der Waals surface area contributed by atoms with Gasteiger partial charge >= 0.3 is 17.9 Å². The molecule has 2 unspecified atom stereocenters. The van der Waals surface area contributed by atoms with Crippen LogP contribution in [-0.4, -0.2) is 82.3 Å². The van der Waals surface area contributed by atoms with Crippen molar-refractivity contribution in [3.8, 4) is 0 Å². The minimum Gasteiger partial charge on any atom is -0.465 e. The molecule has 0 aromatic heterocycles. The molecule has 9 heteroatoms. The largest absolute Gasteiger partial charge is 0.465 e. The number of hydrogen-bond acceptors (Lipinski definition) is 9. The highest BCUT2D eigenvalue weighted by molar-refractivity contribution is 5.73. The second-order valence-electron chi connectivity index (χ2n) is 16.3. The lowest BCUT2D eigenvalue weighted by atomic mass is 10.0. The lowest BCUT2D eigenvalue weighted by Crippen LogP contribution is -2.29. The van der Waals surface area contributed by atoms with Crippen LogP contribution < -0.4 is 0 Å². The van der Waals surface area contributed by atoms with Gasteiger partial charge in [0.25, 0.3) is 0 Å². The van der Waals surface area contributed by atoms with Gasteiger partial charge in [-0.1, -0.05) is 162 Å². The van der Waals surface area contributed by atoms with Crippen molar-refractivity contribution < 1.29 is 38.1 Å². The molecule has 55 heavy (non-hydrogen) atoms. The first kappa shape index (κ1) is 51.3. The zero-order chi connectivity index (χ0) is 40.0. The van der Waals surface area contributed by atoms with Crippen molar-refractivity contribution >= 4 is 17.9 Å². The molecule has 0 radical (unpaired) electrons. The van der Waals surface area contributed by atoms with Gasteiger partial charge in [-0.05, 0) is 39.3 Å².